The summed E-state index contributed by atoms with van der Waals surface area (Å²) in [5.74, 6) is 0.120. The standard InChI is InChI=1S/C17H22N2O4/c1-11-5-7-22-13(11)15(20)18-9-17(3,4)10-19-16(21)14-12(2)6-8-23-14/h5-8H,9-10H2,1-4H3,(H,18,20)(H,19,21). The molecule has 2 rings (SSSR count). The number of hydrogen-bond acceptors (Lipinski definition) is 4. The van der Waals surface area contributed by atoms with Crippen LogP contribution < -0.4 is 10.6 Å². The first-order valence-corrected chi connectivity index (χ1v) is 7.45. The van der Waals surface area contributed by atoms with Crippen molar-refractivity contribution in [2.45, 2.75) is 27.7 Å². The lowest BCUT2D eigenvalue weighted by Gasteiger charge is -2.25. The highest BCUT2D eigenvalue weighted by molar-refractivity contribution is 5.93. The van der Waals surface area contributed by atoms with Gasteiger partial charge in [-0.2, -0.15) is 0 Å². The summed E-state index contributed by atoms with van der Waals surface area (Å²) in [6.45, 7) is 8.35. The molecular weight excluding hydrogens is 296 g/mol. The van der Waals surface area contributed by atoms with Crippen LogP contribution in [0.25, 0.3) is 0 Å². The van der Waals surface area contributed by atoms with Crippen LogP contribution in [0, 0.1) is 19.3 Å². The van der Waals surface area contributed by atoms with Crippen molar-refractivity contribution in [3.8, 4) is 0 Å². The van der Waals surface area contributed by atoms with Gasteiger partial charge in [-0.3, -0.25) is 9.59 Å². The fraction of sp³-hybridized carbons (Fsp3) is 0.412. The Kier molecular flexibility index (Phi) is 4.93. The molecule has 0 aliphatic rings. The number of nitrogens with one attached hydrogen (secondary N) is 2. The Morgan fingerprint density at radius 2 is 1.30 bits per heavy atom. The van der Waals surface area contributed by atoms with E-state index in [9.17, 15) is 9.59 Å². The average Bonchev–Trinajstić information content (AvgIpc) is 3.11. The molecule has 0 unspecified atom stereocenters. The molecule has 0 aliphatic heterocycles. The van der Waals surface area contributed by atoms with Crippen LogP contribution in [0.15, 0.2) is 33.5 Å². The highest BCUT2D eigenvalue weighted by Gasteiger charge is 2.23. The van der Waals surface area contributed by atoms with E-state index in [2.05, 4.69) is 10.6 Å². The minimum atomic E-state index is -0.313. The molecule has 0 radical (unpaired) electrons. The highest BCUT2D eigenvalue weighted by Crippen LogP contribution is 2.15. The Morgan fingerprint density at radius 3 is 1.61 bits per heavy atom. The van der Waals surface area contributed by atoms with Crippen molar-refractivity contribution >= 4 is 11.8 Å². The van der Waals surface area contributed by atoms with E-state index in [1.165, 1.54) is 12.5 Å². The van der Waals surface area contributed by atoms with Gasteiger partial charge in [0.2, 0.25) is 0 Å². The zero-order chi connectivity index (χ0) is 17.0. The summed E-state index contributed by atoms with van der Waals surface area (Å²) in [6.07, 6.45) is 2.97. The molecular formula is C17H22N2O4. The smallest absolute Gasteiger partial charge is 0.287 e. The molecule has 6 heteroatoms. The van der Waals surface area contributed by atoms with Crippen LogP contribution >= 0.6 is 0 Å². The van der Waals surface area contributed by atoms with Crippen LogP contribution in [0.3, 0.4) is 0 Å². The molecule has 0 fully saturated rings. The summed E-state index contributed by atoms with van der Waals surface area (Å²) < 4.78 is 10.3. The second kappa shape index (κ2) is 6.73. The van der Waals surface area contributed by atoms with Gasteiger partial charge >= 0.3 is 0 Å². The van der Waals surface area contributed by atoms with Crippen molar-refractivity contribution < 1.29 is 18.4 Å². The minimum Gasteiger partial charge on any atom is -0.459 e. The number of hydrogen-bond donors (Lipinski definition) is 2. The summed E-state index contributed by atoms with van der Waals surface area (Å²) in [5, 5.41) is 5.66. The summed E-state index contributed by atoms with van der Waals surface area (Å²) >= 11 is 0. The summed E-state index contributed by atoms with van der Waals surface area (Å²) in [7, 11) is 0. The molecule has 0 aromatic carbocycles. The van der Waals surface area contributed by atoms with E-state index in [4.69, 9.17) is 8.83 Å². The van der Waals surface area contributed by atoms with Gasteiger partial charge in [-0.25, -0.2) is 0 Å². The third-order valence-corrected chi connectivity index (χ3v) is 3.59. The van der Waals surface area contributed by atoms with Gasteiger partial charge in [0, 0.05) is 24.2 Å². The molecule has 23 heavy (non-hydrogen) atoms. The van der Waals surface area contributed by atoms with E-state index in [1.54, 1.807) is 12.1 Å². The normalized spacial score (nSPS) is 11.3. The Morgan fingerprint density at radius 1 is 0.913 bits per heavy atom. The zero-order valence-corrected chi connectivity index (χ0v) is 13.9. The second-order valence-electron chi connectivity index (χ2n) is 6.40. The van der Waals surface area contributed by atoms with Gasteiger partial charge in [-0.15, -0.1) is 0 Å². The van der Waals surface area contributed by atoms with Gasteiger partial charge < -0.3 is 19.5 Å². The molecule has 2 heterocycles. The summed E-state index contributed by atoms with van der Waals surface area (Å²) in [4.78, 5) is 24.1. The van der Waals surface area contributed by atoms with E-state index in [0.29, 0.717) is 24.6 Å². The zero-order valence-electron chi connectivity index (χ0n) is 13.9. The SMILES string of the molecule is Cc1ccoc1C(=O)NCC(C)(C)CNC(=O)c1occc1C. The maximum Gasteiger partial charge on any atom is 0.287 e. The lowest BCUT2D eigenvalue weighted by molar-refractivity contribution is 0.0890. The number of rotatable bonds is 6. The molecule has 2 amide bonds. The molecule has 0 atom stereocenters. The predicted octanol–water partition coefficient (Wildman–Crippen LogP) is 2.68. The van der Waals surface area contributed by atoms with Gasteiger partial charge in [0.05, 0.1) is 12.5 Å². The van der Waals surface area contributed by atoms with Crippen LogP contribution in [0.4, 0.5) is 0 Å². The van der Waals surface area contributed by atoms with Gasteiger partial charge in [0.15, 0.2) is 11.5 Å². The lowest BCUT2D eigenvalue weighted by atomic mass is 9.93. The van der Waals surface area contributed by atoms with Crippen LogP contribution in [0.5, 0.6) is 0 Å². The van der Waals surface area contributed by atoms with Crippen LogP contribution in [-0.2, 0) is 0 Å². The summed E-state index contributed by atoms with van der Waals surface area (Å²) in [5.41, 5.74) is 1.27. The van der Waals surface area contributed by atoms with Crippen molar-refractivity contribution in [1.29, 1.82) is 0 Å². The molecule has 2 aromatic heterocycles. The highest BCUT2D eigenvalue weighted by atomic mass is 16.3. The van der Waals surface area contributed by atoms with E-state index in [0.717, 1.165) is 11.1 Å². The van der Waals surface area contributed by atoms with Crippen LogP contribution in [0.1, 0.15) is 46.1 Å². The third-order valence-electron chi connectivity index (χ3n) is 3.59. The minimum absolute atomic E-state index is 0.256. The van der Waals surface area contributed by atoms with Crippen LogP contribution in [-0.4, -0.2) is 24.9 Å². The Balaban J connectivity index is 1.85. The van der Waals surface area contributed by atoms with E-state index < -0.39 is 0 Å². The Labute approximate surface area is 135 Å². The molecule has 124 valence electrons. The van der Waals surface area contributed by atoms with Crippen molar-refractivity contribution in [1.82, 2.24) is 10.6 Å². The van der Waals surface area contributed by atoms with Gasteiger partial charge in [-0.05, 0) is 31.4 Å². The molecule has 0 saturated heterocycles. The number of furan rings is 2. The van der Waals surface area contributed by atoms with Crippen molar-refractivity contribution in [2.75, 3.05) is 13.1 Å². The fourth-order valence-electron chi connectivity index (χ4n) is 2.07. The number of carbonyl (C=O) groups is 2. The monoisotopic (exact) mass is 318 g/mol. The van der Waals surface area contributed by atoms with E-state index in [1.807, 2.05) is 27.7 Å². The average molecular weight is 318 g/mol. The quantitative estimate of drug-likeness (QED) is 0.857. The molecule has 2 aromatic rings. The van der Waals surface area contributed by atoms with Crippen molar-refractivity contribution in [3.63, 3.8) is 0 Å². The van der Waals surface area contributed by atoms with E-state index >= 15 is 0 Å². The van der Waals surface area contributed by atoms with Crippen LogP contribution in [0.2, 0.25) is 0 Å². The first-order valence-electron chi connectivity index (χ1n) is 7.45. The predicted molar refractivity (Wildman–Crippen MR) is 85.3 cm³/mol. The third kappa shape index (κ3) is 4.25. The Hall–Kier alpha value is -2.50. The van der Waals surface area contributed by atoms with Gasteiger partial charge in [-0.1, -0.05) is 13.8 Å². The number of carbonyl (C=O) groups excluding carboxylic acids is 2. The second-order valence-corrected chi connectivity index (χ2v) is 6.40. The van der Waals surface area contributed by atoms with Gasteiger partial charge in [0.1, 0.15) is 0 Å². The summed E-state index contributed by atoms with van der Waals surface area (Å²) in [6, 6.07) is 3.48. The molecule has 6 nitrogen and oxygen atoms in total. The number of aryl methyl sites for hydroxylation is 2. The van der Waals surface area contributed by atoms with Crippen molar-refractivity contribution in [3.05, 3.63) is 47.3 Å². The Bertz CT molecular complexity index is 639. The molecule has 2 N–H and O–H groups in total. The molecule has 0 saturated carbocycles. The van der Waals surface area contributed by atoms with E-state index in [-0.39, 0.29) is 17.2 Å². The van der Waals surface area contributed by atoms with Gasteiger partial charge in [0.25, 0.3) is 11.8 Å². The molecule has 0 aliphatic carbocycles. The fourth-order valence-corrected chi connectivity index (χ4v) is 2.07. The van der Waals surface area contributed by atoms with Crippen molar-refractivity contribution in [2.24, 2.45) is 5.41 Å². The maximum absolute atomic E-state index is 12.0. The topological polar surface area (TPSA) is 84.5 Å². The number of amides is 2. The lowest BCUT2D eigenvalue weighted by Crippen LogP contribution is -2.42. The largest absolute Gasteiger partial charge is 0.459 e. The molecule has 0 spiro atoms. The molecule has 0 bridgehead atoms. The first-order chi connectivity index (χ1) is 10.8. The maximum atomic E-state index is 12.0. The first kappa shape index (κ1) is 16.9.